The molecule has 12 heavy (non-hydrogen) atoms. The van der Waals surface area contributed by atoms with Crippen LogP contribution in [0.5, 0.6) is 5.75 Å². The Morgan fingerprint density at radius 2 is 2.17 bits per heavy atom. The monoisotopic (exact) mass is 161 g/mol. The topological polar surface area (TPSA) is 33.0 Å². The smallest absolute Gasteiger partial charge is 0.122 e. The lowest BCUT2D eigenvalue weighted by Crippen LogP contribution is -1.96. The minimum atomic E-state index is 0.439. The van der Waals surface area contributed by atoms with E-state index in [4.69, 9.17) is 10.00 Å². The Kier molecular flexibility index (Phi) is 3.16. The van der Waals surface area contributed by atoms with E-state index in [1.165, 1.54) is 0 Å². The molecule has 62 valence electrons. The van der Waals surface area contributed by atoms with Crippen molar-refractivity contribution in [2.75, 3.05) is 6.61 Å². The summed E-state index contributed by atoms with van der Waals surface area (Å²) in [6, 6.07) is 9.82. The lowest BCUT2D eigenvalue weighted by molar-refractivity contribution is 0.324. The van der Waals surface area contributed by atoms with Crippen LogP contribution in [0.15, 0.2) is 24.3 Å². The van der Waals surface area contributed by atoms with Gasteiger partial charge in [0.15, 0.2) is 0 Å². The summed E-state index contributed by atoms with van der Waals surface area (Å²) in [6.45, 7) is 2.46. The zero-order valence-electron chi connectivity index (χ0n) is 7.08. The summed E-state index contributed by atoms with van der Waals surface area (Å²) in [4.78, 5) is 0. The Labute approximate surface area is 72.4 Å². The number of nitriles is 1. The van der Waals surface area contributed by atoms with E-state index in [0.717, 1.165) is 11.3 Å². The zero-order valence-corrected chi connectivity index (χ0v) is 7.08. The summed E-state index contributed by atoms with van der Waals surface area (Å²) >= 11 is 0. The van der Waals surface area contributed by atoms with Crippen LogP contribution in [-0.2, 0) is 0 Å². The predicted octanol–water partition coefficient (Wildman–Crippen LogP) is 2.29. The molecule has 1 aromatic carbocycles. The third-order valence-corrected chi connectivity index (χ3v) is 1.57. The van der Waals surface area contributed by atoms with Crippen molar-refractivity contribution >= 4 is 0 Å². The van der Waals surface area contributed by atoms with Crippen molar-refractivity contribution < 1.29 is 4.74 Å². The number of benzene rings is 1. The van der Waals surface area contributed by atoms with Gasteiger partial charge in [-0.1, -0.05) is 18.2 Å². The number of aryl methyl sites for hydroxylation is 1. The number of ether oxygens (including phenoxy) is 1. The maximum atomic E-state index is 8.28. The number of rotatable bonds is 3. The molecule has 2 heteroatoms. The Bertz CT molecular complexity index is 288. The van der Waals surface area contributed by atoms with Crippen LogP contribution in [0, 0.1) is 18.3 Å². The molecule has 0 spiro atoms. The third-order valence-electron chi connectivity index (χ3n) is 1.57. The van der Waals surface area contributed by atoms with Gasteiger partial charge in [0.05, 0.1) is 12.5 Å². The fourth-order valence-corrected chi connectivity index (χ4v) is 0.925. The van der Waals surface area contributed by atoms with Crippen LogP contribution < -0.4 is 4.74 Å². The quantitative estimate of drug-likeness (QED) is 0.637. The van der Waals surface area contributed by atoms with Crippen molar-refractivity contribution in [1.29, 1.82) is 5.26 Å². The van der Waals surface area contributed by atoms with Gasteiger partial charge in [-0.25, -0.2) is 0 Å². The summed E-state index contributed by atoms with van der Waals surface area (Å²) in [6.07, 6.45) is 0.439. The van der Waals surface area contributed by atoms with Gasteiger partial charge in [-0.05, 0) is 18.6 Å². The van der Waals surface area contributed by atoms with Crippen molar-refractivity contribution in [3.05, 3.63) is 29.8 Å². The molecule has 0 N–H and O–H groups in total. The minimum absolute atomic E-state index is 0.439. The predicted molar refractivity (Wildman–Crippen MR) is 46.9 cm³/mol. The SMILES string of the molecule is Cc1ccccc1OCCC#N. The lowest BCUT2D eigenvalue weighted by Gasteiger charge is -2.05. The van der Waals surface area contributed by atoms with Crippen LogP contribution in [0.1, 0.15) is 12.0 Å². The van der Waals surface area contributed by atoms with Gasteiger partial charge in [0.1, 0.15) is 12.4 Å². The summed E-state index contributed by atoms with van der Waals surface area (Å²) in [5, 5.41) is 8.28. The molecular formula is C10H11NO. The first-order chi connectivity index (χ1) is 5.84. The van der Waals surface area contributed by atoms with Crippen LogP contribution >= 0.6 is 0 Å². The molecule has 0 atom stereocenters. The second kappa shape index (κ2) is 4.40. The normalized spacial score (nSPS) is 9.00. The first-order valence-electron chi connectivity index (χ1n) is 3.90. The van der Waals surface area contributed by atoms with E-state index in [1.807, 2.05) is 37.3 Å². The Morgan fingerprint density at radius 1 is 1.42 bits per heavy atom. The van der Waals surface area contributed by atoms with Crippen LogP contribution in [0.2, 0.25) is 0 Å². The zero-order chi connectivity index (χ0) is 8.81. The molecule has 0 unspecified atom stereocenters. The molecular weight excluding hydrogens is 150 g/mol. The Balaban J connectivity index is 2.53. The highest BCUT2D eigenvalue weighted by atomic mass is 16.5. The standard InChI is InChI=1S/C10H11NO/c1-9-5-2-3-6-10(9)12-8-4-7-11/h2-3,5-6H,4,8H2,1H3. The van der Waals surface area contributed by atoms with Crippen molar-refractivity contribution in [3.8, 4) is 11.8 Å². The molecule has 0 amide bonds. The lowest BCUT2D eigenvalue weighted by atomic mass is 10.2. The highest BCUT2D eigenvalue weighted by molar-refractivity contribution is 5.31. The van der Waals surface area contributed by atoms with E-state index < -0.39 is 0 Å². The first-order valence-corrected chi connectivity index (χ1v) is 3.90. The summed E-state index contributed by atoms with van der Waals surface area (Å²) < 4.78 is 5.35. The van der Waals surface area contributed by atoms with Crippen molar-refractivity contribution in [2.24, 2.45) is 0 Å². The molecule has 0 fully saturated rings. The number of hydrogen-bond acceptors (Lipinski definition) is 2. The van der Waals surface area contributed by atoms with Crippen LogP contribution in [0.4, 0.5) is 0 Å². The molecule has 0 saturated carbocycles. The van der Waals surface area contributed by atoms with Gasteiger partial charge in [-0.2, -0.15) is 5.26 Å². The second-order valence-corrected chi connectivity index (χ2v) is 2.52. The van der Waals surface area contributed by atoms with E-state index >= 15 is 0 Å². The molecule has 2 nitrogen and oxygen atoms in total. The van der Waals surface area contributed by atoms with Gasteiger partial charge in [0.25, 0.3) is 0 Å². The van der Waals surface area contributed by atoms with E-state index in [0.29, 0.717) is 13.0 Å². The fourth-order valence-electron chi connectivity index (χ4n) is 0.925. The van der Waals surface area contributed by atoms with Crippen LogP contribution in [0.25, 0.3) is 0 Å². The largest absolute Gasteiger partial charge is 0.492 e. The Hall–Kier alpha value is -1.49. The van der Waals surface area contributed by atoms with Gasteiger partial charge >= 0.3 is 0 Å². The van der Waals surface area contributed by atoms with E-state index in [9.17, 15) is 0 Å². The van der Waals surface area contributed by atoms with E-state index in [2.05, 4.69) is 0 Å². The van der Waals surface area contributed by atoms with Gasteiger partial charge in [-0.3, -0.25) is 0 Å². The fraction of sp³-hybridized carbons (Fsp3) is 0.300. The van der Waals surface area contributed by atoms with E-state index in [1.54, 1.807) is 0 Å². The number of hydrogen-bond donors (Lipinski definition) is 0. The number of para-hydroxylation sites is 1. The average Bonchev–Trinajstić information content (AvgIpc) is 2.09. The summed E-state index contributed by atoms with van der Waals surface area (Å²) in [5.74, 6) is 0.868. The molecule has 1 rings (SSSR count). The molecule has 0 saturated heterocycles. The van der Waals surface area contributed by atoms with E-state index in [-0.39, 0.29) is 0 Å². The highest BCUT2D eigenvalue weighted by Gasteiger charge is 1.95. The van der Waals surface area contributed by atoms with Crippen molar-refractivity contribution in [3.63, 3.8) is 0 Å². The van der Waals surface area contributed by atoms with Crippen molar-refractivity contribution in [1.82, 2.24) is 0 Å². The van der Waals surface area contributed by atoms with Gasteiger partial charge in [0, 0.05) is 0 Å². The van der Waals surface area contributed by atoms with Gasteiger partial charge in [0.2, 0.25) is 0 Å². The van der Waals surface area contributed by atoms with Gasteiger partial charge < -0.3 is 4.74 Å². The van der Waals surface area contributed by atoms with Crippen LogP contribution in [-0.4, -0.2) is 6.61 Å². The second-order valence-electron chi connectivity index (χ2n) is 2.52. The highest BCUT2D eigenvalue weighted by Crippen LogP contribution is 2.15. The summed E-state index contributed by atoms with van der Waals surface area (Å²) in [5.41, 5.74) is 1.11. The van der Waals surface area contributed by atoms with Crippen molar-refractivity contribution in [2.45, 2.75) is 13.3 Å². The summed E-state index contributed by atoms with van der Waals surface area (Å²) in [7, 11) is 0. The molecule has 0 bridgehead atoms. The third kappa shape index (κ3) is 2.28. The maximum absolute atomic E-state index is 8.28. The average molecular weight is 161 g/mol. The maximum Gasteiger partial charge on any atom is 0.122 e. The molecule has 0 heterocycles. The Morgan fingerprint density at radius 3 is 2.83 bits per heavy atom. The molecule has 0 aliphatic rings. The molecule has 1 aromatic rings. The number of nitrogens with zero attached hydrogens (tertiary/aromatic N) is 1. The molecule has 0 aliphatic heterocycles. The van der Waals surface area contributed by atoms with Crippen LogP contribution in [0.3, 0.4) is 0 Å². The first kappa shape index (κ1) is 8.61. The minimum Gasteiger partial charge on any atom is -0.492 e. The molecule has 0 aromatic heterocycles. The van der Waals surface area contributed by atoms with Gasteiger partial charge in [-0.15, -0.1) is 0 Å². The molecule has 0 radical (unpaired) electrons. The molecule has 0 aliphatic carbocycles.